The Balaban J connectivity index is 1.45. The highest BCUT2D eigenvalue weighted by molar-refractivity contribution is 6.06. The van der Waals surface area contributed by atoms with E-state index in [1.165, 1.54) is 0 Å². The Kier molecular flexibility index (Phi) is 3.63. The van der Waals surface area contributed by atoms with Crippen LogP contribution in [-0.4, -0.2) is 27.7 Å². The van der Waals surface area contributed by atoms with Gasteiger partial charge in [-0.1, -0.05) is 11.2 Å². The van der Waals surface area contributed by atoms with Gasteiger partial charge in [0.15, 0.2) is 0 Å². The number of carbonyl (C=O) groups is 1. The van der Waals surface area contributed by atoms with Crippen LogP contribution in [0.1, 0.15) is 12.0 Å². The number of benzene rings is 1. The number of fused-ring (bicyclic) bond motifs is 1. The van der Waals surface area contributed by atoms with Gasteiger partial charge in [0, 0.05) is 41.6 Å². The lowest BCUT2D eigenvalue weighted by atomic mass is 10.1. The zero-order valence-electron chi connectivity index (χ0n) is 12.7. The van der Waals surface area contributed by atoms with Gasteiger partial charge in [0.2, 0.25) is 6.10 Å². The number of anilines is 1. The van der Waals surface area contributed by atoms with Crippen molar-refractivity contribution in [2.75, 3.05) is 5.32 Å². The minimum absolute atomic E-state index is 0.217. The maximum atomic E-state index is 12.4. The van der Waals surface area contributed by atoms with Gasteiger partial charge in [-0.15, -0.1) is 0 Å². The molecular weight excluding hydrogens is 304 g/mol. The second kappa shape index (κ2) is 6.08. The average Bonchev–Trinajstić information content (AvgIpc) is 3.13. The summed E-state index contributed by atoms with van der Waals surface area (Å²) < 4.78 is 0. The van der Waals surface area contributed by atoms with Gasteiger partial charge < -0.3 is 10.2 Å². The van der Waals surface area contributed by atoms with Crippen molar-refractivity contribution in [3.63, 3.8) is 0 Å². The molecule has 4 rings (SSSR count). The Bertz CT molecular complexity index is 924. The van der Waals surface area contributed by atoms with E-state index in [1.54, 1.807) is 18.6 Å². The summed E-state index contributed by atoms with van der Waals surface area (Å²) >= 11 is 0. The van der Waals surface area contributed by atoms with Crippen LogP contribution in [0.3, 0.4) is 0 Å². The molecule has 0 fully saturated rings. The molecule has 24 heavy (non-hydrogen) atoms. The first-order valence-corrected chi connectivity index (χ1v) is 7.58. The molecule has 118 valence electrons. The molecule has 0 bridgehead atoms. The number of carbonyl (C=O) groups excluding carboxylic acids is 1. The van der Waals surface area contributed by atoms with E-state index in [-0.39, 0.29) is 5.91 Å². The van der Waals surface area contributed by atoms with Crippen molar-refractivity contribution in [1.29, 1.82) is 0 Å². The summed E-state index contributed by atoms with van der Waals surface area (Å²) in [5.41, 5.74) is 3.26. The van der Waals surface area contributed by atoms with Gasteiger partial charge in [-0.25, -0.2) is 0 Å². The Morgan fingerprint density at radius 2 is 2.00 bits per heavy atom. The van der Waals surface area contributed by atoms with Crippen LogP contribution in [0.15, 0.2) is 66.2 Å². The number of amides is 1. The maximum absolute atomic E-state index is 12.4. The number of rotatable bonds is 3. The van der Waals surface area contributed by atoms with Gasteiger partial charge in [-0.05, 0) is 36.4 Å². The molecule has 0 saturated carbocycles. The van der Waals surface area contributed by atoms with Gasteiger partial charge in [0.25, 0.3) is 5.91 Å². The minimum atomic E-state index is -0.627. The van der Waals surface area contributed by atoms with E-state index >= 15 is 0 Å². The molecule has 1 aromatic carbocycles. The van der Waals surface area contributed by atoms with Gasteiger partial charge in [0.05, 0.1) is 11.2 Å². The molecule has 1 amide bonds. The van der Waals surface area contributed by atoms with E-state index in [2.05, 4.69) is 20.4 Å². The molecule has 6 heteroatoms. The predicted octanol–water partition coefficient (Wildman–Crippen LogP) is 2.76. The molecule has 3 heterocycles. The van der Waals surface area contributed by atoms with E-state index < -0.39 is 6.10 Å². The number of hydrogen-bond acceptors (Lipinski definition) is 5. The molecule has 2 aromatic heterocycles. The van der Waals surface area contributed by atoms with Gasteiger partial charge >= 0.3 is 0 Å². The van der Waals surface area contributed by atoms with Crippen LogP contribution >= 0.6 is 0 Å². The van der Waals surface area contributed by atoms with Crippen LogP contribution in [-0.2, 0) is 9.63 Å². The van der Waals surface area contributed by atoms with Crippen molar-refractivity contribution in [1.82, 2.24) is 9.97 Å². The van der Waals surface area contributed by atoms with Crippen molar-refractivity contribution < 1.29 is 9.63 Å². The first-order chi connectivity index (χ1) is 11.8. The summed E-state index contributed by atoms with van der Waals surface area (Å²) in [6, 6.07) is 13.1. The first-order valence-electron chi connectivity index (χ1n) is 7.58. The van der Waals surface area contributed by atoms with Crippen molar-refractivity contribution in [2.45, 2.75) is 12.5 Å². The molecule has 3 aromatic rings. The van der Waals surface area contributed by atoms with E-state index in [0.717, 1.165) is 22.2 Å². The standard InChI is InChI=1S/C18H14N4O2/c23-18(17-11-16(22-24-17)12-5-8-19-9-6-12)21-14-3-4-15-13(10-14)2-1-7-20-15/h1-10,17H,11H2,(H,21,23). The molecule has 1 aliphatic heterocycles. The number of nitrogens with zero attached hydrogens (tertiary/aromatic N) is 3. The highest BCUT2D eigenvalue weighted by atomic mass is 16.6. The summed E-state index contributed by atoms with van der Waals surface area (Å²) in [6.07, 6.45) is 4.93. The van der Waals surface area contributed by atoms with Crippen LogP contribution in [0.5, 0.6) is 0 Å². The van der Waals surface area contributed by atoms with E-state index in [9.17, 15) is 4.79 Å². The molecule has 1 N–H and O–H groups in total. The third-order valence-corrected chi connectivity index (χ3v) is 3.85. The molecule has 0 radical (unpaired) electrons. The predicted molar refractivity (Wildman–Crippen MR) is 90.6 cm³/mol. The molecule has 0 spiro atoms. The summed E-state index contributed by atoms with van der Waals surface area (Å²) in [6.45, 7) is 0. The lowest BCUT2D eigenvalue weighted by molar-refractivity contribution is -0.125. The van der Waals surface area contributed by atoms with Crippen molar-refractivity contribution >= 4 is 28.2 Å². The molecular formula is C18H14N4O2. The Hall–Kier alpha value is -3.28. The normalized spacial score (nSPS) is 16.5. The second-order valence-electron chi connectivity index (χ2n) is 5.47. The third-order valence-electron chi connectivity index (χ3n) is 3.85. The summed E-state index contributed by atoms with van der Waals surface area (Å²) in [5.74, 6) is -0.217. The molecule has 1 unspecified atom stereocenters. The van der Waals surface area contributed by atoms with E-state index in [4.69, 9.17) is 4.84 Å². The number of nitrogens with one attached hydrogen (secondary N) is 1. The van der Waals surface area contributed by atoms with E-state index in [1.807, 2.05) is 42.5 Å². The van der Waals surface area contributed by atoms with Crippen LogP contribution < -0.4 is 5.32 Å². The lowest BCUT2D eigenvalue weighted by Crippen LogP contribution is -2.28. The number of oxime groups is 1. The lowest BCUT2D eigenvalue weighted by Gasteiger charge is -2.10. The molecule has 1 aliphatic rings. The Morgan fingerprint density at radius 1 is 1.12 bits per heavy atom. The molecule has 0 aliphatic carbocycles. The zero-order valence-corrected chi connectivity index (χ0v) is 12.7. The first kappa shape index (κ1) is 14.3. The second-order valence-corrected chi connectivity index (χ2v) is 5.47. The van der Waals surface area contributed by atoms with Gasteiger partial charge in [-0.2, -0.15) is 0 Å². The number of pyridine rings is 2. The van der Waals surface area contributed by atoms with Crippen LogP contribution in [0.25, 0.3) is 10.9 Å². The summed E-state index contributed by atoms with van der Waals surface area (Å²) in [4.78, 5) is 25.9. The number of hydrogen-bond donors (Lipinski definition) is 1. The maximum Gasteiger partial charge on any atom is 0.268 e. The van der Waals surface area contributed by atoms with Crippen LogP contribution in [0, 0.1) is 0 Å². The highest BCUT2D eigenvalue weighted by Crippen LogP contribution is 2.20. The fraction of sp³-hybridized carbons (Fsp3) is 0.111. The fourth-order valence-electron chi connectivity index (χ4n) is 2.61. The Labute approximate surface area is 138 Å². The van der Waals surface area contributed by atoms with Gasteiger partial charge in [0.1, 0.15) is 0 Å². The molecule has 1 atom stereocenters. The van der Waals surface area contributed by atoms with Crippen LogP contribution in [0.2, 0.25) is 0 Å². The zero-order chi connectivity index (χ0) is 16.4. The van der Waals surface area contributed by atoms with E-state index in [0.29, 0.717) is 12.1 Å². The van der Waals surface area contributed by atoms with Crippen LogP contribution in [0.4, 0.5) is 5.69 Å². The van der Waals surface area contributed by atoms with Crippen molar-refractivity contribution in [2.24, 2.45) is 5.16 Å². The SMILES string of the molecule is O=C(Nc1ccc2ncccc2c1)C1CC(c2ccncc2)=NO1. The fourth-order valence-corrected chi connectivity index (χ4v) is 2.61. The average molecular weight is 318 g/mol. The quantitative estimate of drug-likeness (QED) is 0.805. The third kappa shape index (κ3) is 2.81. The summed E-state index contributed by atoms with van der Waals surface area (Å²) in [5, 5.41) is 7.86. The monoisotopic (exact) mass is 318 g/mol. The minimum Gasteiger partial charge on any atom is -0.382 e. The van der Waals surface area contributed by atoms with Gasteiger partial charge in [-0.3, -0.25) is 14.8 Å². The Morgan fingerprint density at radius 3 is 2.88 bits per heavy atom. The highest BCUT2D eigenvalue weighted by Gasteiger charge is 2.28. The smallest absolute Gasteiger partial charge is 0.268 e. The molecule has 6 nitrogen and oxygen atoms in total. The largest absolute Gasteiger partial charge is 0.382 e. The van der Waals surface area contributed by atoms with Crippen molar-refractivity contribution in [3.8, 4) is 0 Å². The molecule has 0 saturated heterocycles. The van der Waals surface area contributed by atoms with Crippen molar-refractivity contribution in [3.05, 3.63) is 66.6 Å². The summed E-state index contributed by atoms with van der Waals surface area (Å²) in [7, 11) is 0. The topological polar surface area (TPSA) is 76.5 Å². The number of aromatic nitrogens is 2.